The first-order chi connectivity index (χ1) is 11.1. The highest BCUT2D eigenvalue weighted by Crippen LogP contribution is 2.33. The Hall–Kier alpha value is -1.44. The Morgan fingerprint density at radius 3 is 2.65 bits per heavy atom. The van der Waals surface area contributed by atoms with Crippen LogP contribution in [-0.4, -0.2) is 29.0 Å². The molecule has 0 saturated carbocycles. The zero-order valence-corrected chi connectivity index (χ0v) is 13.5. The second-order valence-electron chi connectivity index (χ2n) is 5.63. The van der Waals surface area contributed by atoms with Crippen molar-refractivity contribution in [2.75, 3.05) is 13.1 Å². The monoisotopic (exact) mass is 341 g/mol. The van der Waals surface area contributed by atoms with Crippen molar-refractivity contribution in [3.63, 3.8) is 0 Å². The fourth-order valence-electron chi connectivity index (χ4n) is 3.17. The minimum atomic E-state index is -1.42. The number of hydrogen-bond donors (Lipinski definition) is 1. The van der Waals surface area contributed by atoms with Gasteiger partial charge >= 0.3 is 0 Å². The van der Waals surface area contributed by atoms with Gasteiger partial charge in [0, 0.05) is 24.5 Å². The first-order valence-electron chi connectivity index (χ1n) is 7.59. The van der Waals surface area contributed by atoms with Crippen LogP contribution in [0.5, 0.6) is 0 Å². The summed E-state index contributed by atoms with van der Waals surface area (Å²) in [7, 11) is 0. The first kappa shape index (κ1) is 16.4. The number of nitrogens with one attached hydrogen (secondary N) is 1. The molecule has 2 atom stereocenters. The Bertz CT molecular complexity index is 640. The minimum Gasteiger partial charge on any atom is -0.306 e. The maximum Gasteiger partial charge on any atom is 0.194 e. The average Bonchev–Trinajstić information content (AvgIpc) is 3.18. The second kappa shape index (κ2) is 6.98. The third kappa shape index (κ3) is 3.41. The number of benzene rings is 1. The molecule has 2 heterocycles. The summed E-state index contributed by atoms with van der Waals surface area (Å²) in [5.41, 5.74) is 3.18. The van der Waals surface area contributed by atoms with Crippen LogP contribution in [0.25, 0.3) is 0 Å². The average molecular weight is 341 g/mol. The van der Waals surface area contributed by atoms with Crippen LogP contribution >= 0.6 is 11.3 Å². The van der Waals surface area contributed by atoms with Crippen molar-refractivity contribution >= 4 is 11.3 Å². The van der Waals surface area contributed by atoms with Crippen LogP contribution in [-0.2, 0) is 6.54 Å². The number of halogens is 3. The zero-order chi connectivity index (χ0) is 16.4. The van der Waals surface area contributed by atoms with E-state index >= 15 is 0 Å². The number of aromatic nitrogens is 1. The lowest BCUT2D eigenvalue weighted by molar-refractivity contribution is 0.246. The summed E-state index contributed by atoms with van der Waals surface area (Å²) in [5.74, 6) is -3.69. The van der Waals surface area contributed by atoms with Crippen molar-refractivity contribution in [2.24, 2.45) is 0 Å². The van der Waals surface area contributed by atoms with Gasteiger partial charge in [0.05, 0.1) is 17.2 Å². The molecule has 3 rings (SSSR count). The lowest BCUT2D eigenvalue weighted by Crippen LogP contribution is -2.36. The van der Waals surface area contributed by atoms with Crippen LogP contribution in [0.15, 0.2) is 23.0 Å². The molecule has 0 spiro atoms. The molecule has 2 aromatic rings. The molecule has 1 aromatic heterocycles. The van der Waals surface area contributed by atoms with Gasteiger partial charge in [-0.05, 0) is 30.7 Å². The molecule has 1 aliphatic rings. The molecule has 1 N–H and O–H groups in total. The van der Waals surface area contributed by atoms with Gasteiger partial charge in [-0.2, -0.15) is 0 Å². The van der Waals surface area contributed by atoms with E-state index < -0.39 is 17.5 Å². The molecule has 0 radical (unpaired) electrons. The lowest BCUT2D eigenvalue weighted by atomic mass is 9.99. The Morgan fingerprint density at radius 2 is 2.04 bits per heavy atom. The third-order valence-corrected chi connectivity index (χ3v) is 4.92. The van der Waals surface area contributed by atoms with Crippen molar-refractivity contribution in [1.82, 2.24) is 15.2 Å². The lowest BCUT2D eigenvalue weighted by Gasteiger charge is -2.28. The number of thiazole rings is 1. The number of likely N-dealkylation sites (tertiary alicyclic amines) is 1. The molecule has 3 nitrogen and oxygen atoms in total. The highest BCUT2D eigenvalue weighted by Gasteiger charge is 2.35. The van der Waals surface area contributed by atoms with Crippen molar-refractivity contribution in [3.8, 4) is 0 Å². The SMILES string of the molecule is CCN1CCC(NCc2cscn2)C1c1cc(F)c(F)c(F)c1. The third-order valence-electron chi connectivity index (χ3n) is 4.28. The van der Waals surface area contributed by atoms with E-state index in [9.17, 15) is 13.2 Å². The van der Waals surface area contributed by atoms with Crippen LogP contribution in [0.4, 0.5) is 13.2 Å². The number of rotatable bonds is 5. The van der Waals surface area contributed by atoms with Gasteiger partial charge in [0.1, 0.15) is 0 Å². The van der Waals surface area contributed by atoms with Crippen LogP contribution in [0.1, 0.15) is 30.6 Å². The Labute approximate surface area is 137 Å². The Morgan fingerprint density at radius 1 is 1.30 bits per heavy atom. The molecule has 1 fully saturated rings. The standard InChI is InChI=1S/C16H18F3N3S/c1-2-22-4-3-14(20-7-11-8-23-9-21-11)16(22)10-5-12(17)15(19)13(18)6-10/h5-6,8-9,14,16,20H,2-4,7H2,1H3. The van der Waals surface area contributed by atoms with Crippen LogP contribution in [0.3, 0.4) is 0 Å². The summed E-state index contributed by atoms with van der Waals surface area (Å²) in [4.78, 5) is 6.37. The molecule has 23 heavy (non-hydrogen) atoms. The molecule has 1 saturated heterocycles. The van der Waals surface area contributed by atoms with Gasteiger partial charge in [0.2, 0.25) is 0 Å². The largest absolute Gasteiger partial charge is 0.306 e. The van der Waals surface area contributed by atoms with Gasteiger partial charge in [-0.15, -0.1) is 11.3 Å². The van der Waals surface area contributed by atoms with Gasteiger partial charge in [0.15, 0.2) is 17.5 Å². The maximum absolute atomic E-state index is 13.6. The van der Waals surface area contributed by atoms with E-state index in [2.05, 4.69) is 15.2 Å². The van der Waals surface area contributed by atoms with E-state index in [1.54, 1.807) is 5.51 Å². The molecule has 124 valence electrons. The summed E-state index contributed by atoms with van der Waals surface area (Å²) in [6, 6.07) is 2.08. The molecule has 0 aliphatic carbocycles. The van der Waals surface area contributed by atoms with E-state index in [4.69, 9.17) is 0 Å². The van der Waals surface area contributed by atoms with Gasteiger partial charge in [-0.25, -0.2) is 18.2 Å². The fraction of sp³-hybridized carbons (Fsp3) is 0.438. The molecule has 0 amide bonds. The highest BCUT2D eigenvalue weighted by atomic mass is 32.1. The van der Waals surface area contributed by atoms with E-state index in [0.29, 0.717) is 12.1 Å². The van der Waals surface area contributed by atoms with Crippen molar-refractivity contribution in [3.05, 3.63) is 51.7 Å². The normalized spacial score (nSPS) is 21.9. The fourth-order valence-corrected chi connectivity index (χ4v) is 3.73. The van der Waals surface area contributed by atoms with Gasteiger partial charge in [-0.1, -0.05) is 6.92 Å². The van der Waals surface area contributed by atoms with Crippen LogP contribution in [0, 0.1) is 17.5 Å². The summed E-state index contributed by atoms with van der Waals surface area (Å²) >= 11 is 1.53. The molecule has 7 heteroatoms. The van der Waals surface area contributed by atoms with Gasteiger partial charge in [0.25, 0.3) is 0 Å². The zero-order valence-electron chi connectivity index (χ0n) is 12.7. The molecule has 1 aliphatic heterocycles. The topological polar surface area (TPSA) is 28.2 Å². The summed E-state index contributed by atoms with van der Waals surface area (Å²) in [6.07, 6.45) is 0.864. The smallest absolute Gasteiger partial charge is 0.194 e. The van der Waals surface area contributed by atoms with E-state index in [0.717, 1.165) is 37.3 Å². The maximum atomic E-state index is 13.6. The molecular weight excluding hydrogens is 323 g/mol. The van der Waals surface area contributed by atoms with Crippen molar-refractivity contribution in [2.45, 2.75) is 32.0 Å². The van der Waals surface area contributed by atoms with Crippen LogP contribution in [0.2, 0.25) is 0 Å². The van der Waals surface area contributed by atoms with Gasteiger partial charge < -0.3 is 5.32 Å². The molecule has 2 unspecified atom stereocenters. The minimum absolute atomic E-state index is 0.0425. The summed E-state index contributed by atoms with van der Waals surface area (Å²) < 4.78 is 40.4. The molecule has 1 aromatic carbocycles. The molecular formula is C16H18F3N3S. The number of nitrogens with zero attached hydrogens (tertiary/aromatic N) is 2. The Balaban J connectivity index is 1.82. The summed E-state index contributed by atoms with van der Waals surface area (Å²) in [6.45, 7) is 4.21. The summed E-state index contributed by atoms with van der Waals surface area (Å²) in [5, 5.41) is 5.38. The molecule has 0 bridgehead atoms. The van der Waals surface area contributed by atoms with E-state index in [1.807, 2.05) is 12.3 Å². The number of hydrogen-bond acceptors (Lipinski definition) is 4. The van der Waals surface area contributed by atoms with Crippen LogP contribution < -0.4 is 5.32 Å². The van der Waals surface area contributed by atoms with E-state index in [-0.39, 0.29) is 12.1 Å². The second-order valence-corrected chi connectivity index (χ2v) is 6.35. The predicted molar refractivity (Wildman–Crippen MR) is 83.7 cm³/mol. The quantitative estimate of drug-likeness (QED) is 0.844. The van der Waals surface area contributed by atoms with Crippen molar-refractivity contribution < 1.29 is 13.2 Å². The number of likely N-dealkylation sites (N-methyl/N-ethyl adjacent to an activating group) is 1. The highest BCUT2D eigenvalue weighted by molar-refractivity contribution is 7.07. The Kier molecular flexibility index (Phi) is 4.99. The van der Waals surface area contributed by atoms with Gasteiger partial charge in [-0.3, -0.25) is 4.90 Å². The van der Waals surface area contributed by atoms with E-state index in [1.165, 1.54) is 11.3 Å². The first-order valence-corrected chi connectivity index (χ1v) is 8.53. The predicted octanol–water partition coefficient (Wildman–Crippen LogP) is 3.49. The van der Waals surface area contributed by atoms with Crippen molar-refractivity contribution in [1.29, 1.82) is 0 Å².